The molecule has 0 bridgehead atoms. The standard InChI is InChI=1S/C32H26S2/c1-2-3-4-6-11-23-14-16-25-21-30-28(20-26(25)18-23)32-31(34-30)27-19-24(15-17-29(27)33-32)13-12-22-9-7-5-8-10-22/h5,7-10,14-21H,2-4,6,11H2,1H3. The number of thiophene rings is 2. The van der Waals surface area contributed by atoms with E-state index in [1.165, 1.54) is 78.0 Å². The molecule has 6 aromatic rings. The molecule has 0 N–H and O–H groups in total. The predicted molar refractivity (Wildman–Crippen MR) is 152 cm³/mol. The normalized spacial score (nSPS) is 11.4. The van der Waals surface area contributed by atoms with Crippen molar-refractivity contribution in [3.05, 3.63) is 95.6 Å². The molecule has 0 amide bonds. The lowest BCUT2D eigenvalue weighted by atomic mass is 10.0. The smallest absolute Gasteiger partial charge is 0.0542 e. The van der Waals surface area contributed by atoms with E-state index >= 15 is 0 Å². The second-order valence-corrected chi connectivity index (χ2v) is 11.1. The van der Waals surface area contributed by atoms with Crippen LogP contribution in [0.3, 0.4) is 0 Å². The number of benzene rings is 4. The molecule has 34 heavy (non-hydrogen) atoms. The van der Waals surface area contributed by atoms with Gasteiger partial charge < -0.3 is 0 Å². The number of fused-ring (bicyclic) bond motifs is 6. The maximum atomic E-state index is 3.36. The summed E-state index contributed by atoms with van der Waals surface area (Å²) in [5, 5.41) is 5.44. The maximum absolute atomic E-state index is 3.36. The fourth-order valence-corrected chi connectivity index (χ4v) is 7.35. The van der Waals surface area contributed by atoms with Crippen molar-refractivity contribution >= 4 is 63.0 Å². The highest BCUT2D eigenvalue weighted by atomic mass is 32.1. The largest absolute Gasteiger partial charge is 0.134 e. The van der Waals surface area contributed by atoms with E-state index in [2.05, 4.69) is 79.4 Å². The van der Waals surface area contributed by atoms with Crippen LogP contribution in [0.4, 0.5) is 0 Å². The van der Waals surface area contributed by atoms with Crippen LogP contribution in [0.25, 0.3) is 40.3 Å². The Labute approximate surface area is 208 Å². The van der Waals surface area contributed by atoms with Gasteiger partial charge in [0, 0.05) is 31.3 Å². The molecule has 2 heteroatoms. The second-order valence-electron chi connectivity index (χ2n) is 9.03. The molecule has 0 aliphatic heterocycles. The molecule has 0 aliphatic carbocycles. The SMILES string of the molecule is CCCCCCc1ccc2cc3sc4c5cc(C#Cc6ccccc6)ccc5sc4c3cc2c1. The molecule has 0 fully saturated rings. The van der Waals surface area contributed by atoms with E-state index in [9.17, 15) is 0 Å². The number of hydrogen-bond donors (Lipinski definition) is 0. The minimum atomic E-state index is 1.05. The molecule has 166 valence electrons. The summed E-state index contributed by atoms with van der Waals surface area (Å²) in [4.78, 5) is 0. The van der Waals surface area contributed by atoms with Crippen LogP contribution in [0, 0.1) is 11.8 Å². The van der Waals surface area contributed by atoms with Gasteiger partial charge in [-0.15, -0.1) is 22.7 Å². The summed E-state index contributed by atoms with van der Waals surface area (Å²) in [6.07, 6.45) is 6.43. The Balaban J connectivity index is 1.40. The number of rotatable bonds is 5. The molecule has 0 saturated heterocycles. The molecular formula is C32H26S2. The van der Waals surface area contributed by atoms with E-state index in [-0.39, 0.29) is 0 Å². The Morgan fingerprint density at radius 3 is 2.26 bits per heavy atom. The Kier molecular flexibility index (Phi) is 5.83. The van der Waals surface area contributed by atoms with Gasteiger partial charge >= 0.3 is 0 Å². The lowest BCUT2D eigenvalue weighted by Gasteiger charge is -2.04. The third-order valence-corrected chi connectivity index (χ3v) is 9.07. The van der Waals surface area contributed by atoms with E-state index in [0.29, 0.717) is 0 Å². The van der Waals surface area contributed by atoms with Crippen LogP contribution >= 0.6 is 22.7 Å². The summed E-state index contributed by atoms with van der Waals surface area (Å²) in [6, 6.07) is 28.7. The minimum absolute atomic E-state index is 1.05. The number of unbranched alkanes of at least 4 members (excludes halogenated alkanes) is 3. The molecule has 6 rings (SSSR count). The van der Waals surface area contributed by atoms with E-state index in [4.69, 9.17) is 0 Å². The van der Waals surface area contributed by atoms with Crippen molar-refractivity contribution in [2.75, 3.05) is 0 Å². The zero-order valence-corrected chi connectivity index (χ0v) is 21.0. The van der Waals surface area contributed by atoms with Gasteiger partial charge in [-0.05, 0) is 71.6 Å². The van der Waals surface area contributed by atoms with Crippen LogP contribution in [0.2, 0.25) is 0 Å². The summed E-state index contributed by atoms with van der Waals surface area (Å²) >= 11 is 3.84. The van der Waals surface area contributed by atoms with Gasteiger partial charge in [0.25, 0.3) is 0 Å². The van der Waals surface area contributed by atoms with Crippen LogP contribution in [-0.2, 0) is 6.42 Å². The number of hydrogen-bond acceptors (Lipinski definition) is 2. The molecule has 0 saturated carbocycles. The van der Waals surface area contributed by atoms with Crippen molar-refractivity contribution in [1.29, 1.82) is 0 Å². The molecule has 2 aromatic heterocycles. The highest BCUT2D eigenvalue weighted by molar-refractivity contribution is 7.36. The zero-order chi connectivity index (χ0) is 22.9. The zero-order valence-electron chi connectivity index (χ0n) is 19.4. The maximum Gasteiger partial charge on any atom is 0.0542 e. The average Bonchev–Trinajstić information content (AvgIpc) is 3.40. The minimum Gasteiger partial charge on any atom is -0.134 e. The van der Waals surface area contributed by atoms with Crippen LogP contribution < -0.4 is 0 Å². The number of aryl methyl sites for hydroxylation is 1. The second kappa shape index (κ2) is 9.26. The van der Waals surface area contributed by atoms with Gasteiger partial charge in [0.1, 0.15) is 0 Å². The average molecular weight is 475 g/mol. The highest BCUT2D eigenvalue weighted by Crippen LogP contribution is 2.45. The molecule has 0 unspecified atom stereocenters. The van der Waals surface area contributed by atoms with Crippen LogP contribution in [0.15, 0.2) is 78.9 Å². The van der Waals surface area contributed by atoms with E-state index in [0.717, 1.165) is 11.1 Å². The summed E-state index contributed by atoms with van der Waals surface area (Å²) in [6.45, 7) is 2.27. The quantitative estimate of drug-likeness (QED) is 0.172. The third kappa shape index (κ3) is 4.11. The molecule has 2 heterocycles. The first-order valence-electron chi connectivity index (χ1n) is 12.2. The van der Waals surface area contributed by atoms with Crippen molar-refractivity contribution in [3.8, 4) is 11.8 Å². The monoisotopic (exact) mass is 474 g/mol. The van der Waals surface area contributed by atoms with Gasteiger partial charge in [0.05, 0.1) is 9.40 Å². The summed E-state index contributed by atoms with van der Waals surface area (Å²) in [5.74, 6) is 6.66. The molecule has 0 spiro atoms. The van der Waals surface area contributed by atoms with Crippen molar-refractivity contribution in [2.24, 2.45) is 0 Å². The van der Waals surface area contributed by atoms with Gasteiger partial charge in [-0.1, -0.05) is 74.4 Å². The van der Waals surface area contributed by atoms with Crippen molar-refractivity contribution < 1.29 is 0 Å². The lowest BCUT2D eigenvalue weighted by molar-refractivity contribution is 0.667. The summed E-state index contributed by atoms with van der Waals surface area (Å²) < 4.78 is 5.54. The first kappa shape index (κ1) is 21.4. The Morgan fingerprint density at radius 1 is 0.618 bits per heavy atom. The van der Waals surface area contributed by atoms with Gasteiger partial charge in [0.2, 0.25) is 0 Å². The van der Waals surface area contributed by atoms with E-state index in [1.54, 1.807) is 0 Å². The molecule has 0 radical (unpaired) electrons. The van der Waals surface area contributed by atoms with Crippen LogP contribution in [-0.4, -0.2) is 0 Å². The fraction of sp³-hybridized carbons (Fsp3) is 0.188. The Bertz CT molecular complexity index is 1690. The van der Waals surface area contributed by atoms with Crippen LogP contribution in [0.1, 0.15) is 49.3 Å². The summed E-state index contributed by atoms with van der Waals surface area (Å²) in [7, 11) is 0. The predicted octanol–water partition coefficient (Wildman–Crippen LogP) is 9.94. The summed E-state index contributed by atoms with van der Waals surface area (Å²) in [5.41, 5.74) is 3.59. The third-order valence-electron chi connectivity index (χ3n) is 6.55. The van der Waals surface area contributed by atoms with Gasteiger partial charge in [0.15, 0.2) is 0 Å². The highest BCUT2D eigenvalue weighted by Gasteiger charge is 2.13. The molecule has 0 aliphatic rings. The molecule has 0 atom stereocenters. The molecule has 4 aromatic carbocycles. The van der Waals surface area contributed by atoms with Gasteiger partial charge in [-0.3, -0.25) is 0 Å². The van der Waals surface area contributed by atoms with Gasteiger partial charge in [-0.25, -0.2) is 0 Å². The van der Waals surface area contributed by atoms with Crippen LogP contribution in [0.5, 0.6) is 0 Å². The van der Waals surface area contributed by atoms with Crippen molar-refractivity contribution in [3.63, 3.8) is 0 Å². The fourth-order valence-electron chi connectivity index (χ4n) is 4.71. The molecule has 0 nitrogen and oxygen atoms in total. The lowest BCUT2D eigenvalue weighted by Crippen LogP contribution is -1.86. The Morgan fingerprint density at radius 2 is 1.41 bits per heavy atom. The van der Waals surface area contributed by atoms with Gasteiger partial charge in [-0.2, -0.15) is 0 Å². The van der Waals surface area contributed by atoms with E-state index < -0.39 is 0 Å². The molecular weight excluding hydrogens is 448 g/mol. The van der Waals surface area contributed by atoms with Crippen molar-refractivity contribution in [2.45, 2.75) is 39.0 Å². The van der Waals surface area contributed by atoms with E-state index in [1.807, 2.05) is 40.9 Å². The topological polar surface area (TPSA) is 0 Å². The first-order chi connectivity index (χ1) is 16.8. The van der Waals surface area contributed by atoms with Crippen molar-refractivity contribution in [1.82, 2.24) is 0 Å². The Hall–Kier alpha value is -3.12. The first-order valence-corrected chi connectivity index (χ1v) is 13.8.